The number of nitrogens with zero attached hydrogens (tertiary/aromatic N) is 3. The summed E-state index contributed by atoms with van der Waals surface area (Å²) < 4.78 is 19.6. The molecular formula is C23H21ClFN3O2. The first-order valence-electron chi connectivity index (χ1n) is 9.81. The summed E-state index contributed by atoms with van der Waals surface area (Å²) in [6.45, 7) is 1.32. The van der Waals surface area contributed by atoms with E-state index in [9.17, 15) is 9.18 Å². The fourth-order valence-corrected chi connectivity index (χ4v) is 3.80. The maximum absolute atomic E-state index is 13.7. The van der Waals surface area contributed by atoms with Crippen molar-refractivity contribution in [1.29, 1.82) is 0 Å². The molecule has 2 heterocycles. The summed E-state index contributed by atoms with van der Waals surface area (Å²) in [4.78, 5) is 23.4. The van der Waals surface area contributed by atoms with Crippen LogP contribution in [0.25, 0.3) is 11.3 Å². The minimum Gasteiger partial charge on any atom is -0.368 e. The van der Waals surface area contributed by atoms with Gasteiger partial charge in [-0.3, -0.25) is 14.8 Å². The van der Waals surface area contributed by atoms with E-state index < -0.39 is 6.10 Å². The highest BCUT2D eigenvalue weighted by molar-refractivity contribution is 6.30. The molecule has 30 heavy (non-hydrogen) atoms. The Morgan fingerprint density at radius 1 is 1.17 bits per heavy atom. The van der Waals surface area contributed by atoms with Crippen LogP contribution in [0.2, 0.25) is 5.02 Å². The second kappa shape index (κ2) is 9.32. The van der Waals surface area contributed by atoms with Crippen molar-refractivity contribution in [3.63, 3.8) is 0 Å². The van der Waals surface area contributed by atoms with Crippen molar-refractivity contribution in [1.82, 2.24) is 14.9 Å². The summed E-state index contributed by atoms with van der Waals surface area (Å²) in [6, 6.07) is 13.8. The average molecular weight is 426 g/mol. The van der Waals surface area contributed by atoms with E-state index in [1.807, 2.05) is 24.3 Å². The van der Waals surface area contributed by atoms with E-state index in [0.717, 1.165) is 5.56 Å². The molecule has 1 aliphatic rings. The fraction of sp³-hybridized carbons (Fsp3) is 0.261. The molecule has 0 radical (unpaired) electrons. The zero-order chi connectivity index (χ0) is 20.9. The molecule has 1 saturated heterocycles. The highest BCUT2D eigenvalue weighted by Crippen LogP contribution is 2.29. The summed E-state index contributed by atoms with van der Waals surface area (Å²) in [5, 5.41) is 0.666. The summed E-state index contributed by atoms with van der Waals surface area (Å²) in [5.41, 5.74) is 2.83. The fourth-order valence-electron chi connectivity index (χ4n) is 3.59. The standard InChI is InChI=1S/C23H21ClFN3O2/c24-18-5-1-3-16(13-18)7-8-21(29)28-11-12-30-20(15-28)23-22(26-9-10-27-23)17-4-2-6-19(25)14-17/h1-6,9-10,13-14,20H,7-8,11-12,15H2/t20-/m0/s1. The number of ether oxygens (including phenoxy) is 1. The van der Waals surface area contributed by atoms with Gasteiger partial charge in [-0.2, -0.15) is 0 Å². The first kappa shape index (κ1) is 20.4. The lowest BCUT2D eigenvalue weighted by molar-refractivity contribution is -0.139. The summed E-state index contributed by atoms with van der Waals surface area (Å²) >= 11 is 6.02. The average Bonchev–Trinajstić information content (AvgIpc) is 2.77. The number of hydrogen-bond donors (Lipinski definition) is 0. The molecule has 1 amide bonds. The number of rotatable bonds is 5. The molecule has 0 saturated carbocycles. The minimum absolute atomic E-state index is 0.0551. The number of carbonyl (C=O) groups excluding carboxylic acids is 1. The molecule has 0 bridgehead atoms. The predicted octanol–water partition coefficient (Wildman–Crippen LogP) is 4.47. The van der Waals surface area contributed by atoms with Crippen LogP contribution in [0.4, 0.5) is 4.39 Å². The van der Waals surface area contributed by atoms with Gasteiger partial charge in [0.1, 0.15) is 11.9 Å². The number of morpholine rings is 1. The second-order valence-corrected chi connectivity index (χ2v) is 7.57. The van der Waals surface area contributed by atoms with Gasteiger partial charge >= 0.3 is 0 Å². The van der Waals surface area contributed by atoms with Gasteiger partial charge in [0.25, 0.3) is 0 Å². The van der Waals surface area contributed by atoms with Gasteiger partial charge in [-0.05, 0) is 36.2 Å². The van der Waals surface area contributed by atoms with Crippen LogP contribution < -0.4 is 0 Å². The van der Waals surface area contributed by atoms with E-state index in [1.54, 1.807) is 29.4 Å². The van der Waals surface area contributed by atoms with Crippen LogP contribution in [0.5, 0.6) is 0 Å². The van der Waals surface area contributed by atoms with Gasteiger partial charge in [0.2, 0.25) is 5.91 Å². The minimum atomic E-state index is -0.416. The topological polar surface area (TPSA) is 55.3 Å². The van der Waals surface area contributed by atoms with Crippen LogP contribution in [0.1, 0.15) is 23.8 Å². The van der Waals surface area contributed by atoms with Crippen molar-refractivity contribution < 1.29 is 13.9 Å². The molecule has 3 aromatic rings. The largest absolute Gasteiger partial charge is 0.368 e. The van der Waals surface area contributed by atoms with Crippen LogP contribution in [0.3, 0.4) is 0 Å². The summed E-state index contributed by atoms with van der Waals surface area (Å²) in [7, 11) is 0. The lowest BCUT2D eigenvalue weighted by atomic mass is 10.0. The summed E-state index contributed by atoms with van der Waals surface area (Å²) in [5.74, 6) is -0.286. The van der Waals surface area contributed by atoms with E-state index in [0.29, 0.717) is 54.5 Å². The van der Waals surface area contributed by atoms with Crippen LogP contribution >= 0.6 is 11.6 Å². The molecule has 1 fully saturated rings. The number of aromatic nitrogens is 2. The Balaban J connectivity index is 1.47. The molecule has 154 valence electrons. The summed E-state index contributed by atoms with van der Waals surface area (Å²) in [6.07, 6.45) is 3.76. The lowest BCUT2D eigenvalue weighted by Crippen LogP contribution is -2.42. The first-order valence-corrected chi connectivity index (χ1v) is 10.2. The number of carbonyl (C=O) groups is 1. The van der Waals surface area contributed by atoms with Crippen molar-refractivity contribution in [2.45, 2.75) is 18.9 Å². The van der Waals surface area contributed by atoms with Crippen LogP contribution in [0.15, 0.2) is 60.9 Å². The van der Waals surface area contributed by atoms with Gasteiger partial charge in [0.15, 0.2) is 0 Å². The van der Waals surface area contributed by atoms with Crippen molar-refractivity contribution >= 4 is 17.5 Å². The molecule has 1 aromatic heterocycles. The van der Waals surface area contributed by atoms with E-state index in [2.05, 4.69) is 9.97 Å². The van der Waals surface area contributed by atoms with Gasteiger partial charge in [-0.15, -0.1) is 0 Å². The molecule has 2 aromatic carbocycles. The SMILES string of the molecule is O=C(CCc1cccc(Cl)c1)N1CCO[C@H](c2nccnc2-c2cccc(F)c2)C1. The van der Waals surface area contributed by atoms with Crippen molar-refractivity contribution in [2.75, 3.05) is 19.7 Å². The van der Waals surface area contributed by atoms with Gasteiger partial charge in [-0.25, -0.2) is 4.39 Å². The van der Waals surface area contributed by atoms with E-state index in [-0.39, 0.29) is 11.7 Å². The Labute approximate surface area is 179 Å². The molecule has 4 rings (SSSR count). The Kier molecular flexibility index (Phi) is 6.35. The molecule has 7 heteroatoms. The second-order valence-electron chi connectivity index (χ2n) is 7.13. The Hall–Kier alpha value is -2.83. The maximum atomic E-state index is 13.7. The smallest absolute Gasteiger partial charge is 0.223 e. The van der Waals surface area contributed by atoms with Crippen LogP contribution in [-0.2, 0) is 16.0 Å². The molecular weight excluding hydrogens is 405 g/mol. The molecule has 0 aliphatic carbocycles. The molecule has 1 atom stereocenters. The number of hydrogen-bond acceptors (Lipinski definition) is 4. The Morgan fingerprint density at radius 3 is 2.83 bits per heavy atom. The zero-order valence-electron chi connectivity index (χ0n) is 16.3. The monoisotopic (exact) mass is 425 g/mol. The molecule has 1 aliphatic heterocycles. The van der Waals surface area contributed by atoms with E-state index in [1.165, 1.54) is 12.1 Å². The van der Waals surface area contributed by atoms with Gasteiger partial charge < -0.3 is 9.64 Å². The molecule has 0 N–H and O–H groups in total. The third-order valence-corrected chi connectivity index (χ3v) is 5.30. The lowest BCUT2D eigenvalue weighted by Gasteiger charge is -2.33. The highest BCUT2D eigenvalue weighted by Gasteiger charge is 2.28. The first-order chi connectivity index (χ1) is 14.6. The van der Waals surface area contributed by atoms with Gasteiger partial charge in [0.05, 0.1) is 24.5 Å². The van der Waals surface area contributed by atoms with E-state index in [4.69, 9.17) is 16.3 Å². The normalized spacial score (nSPS) is 16.5. The number of aryl methyl sites for hydroxylation is 1. The van der Waals surface area contributed by atoms with E-state index >= 15 is 0 Å². The van der Waals surface area contributed by atoms with Gasteiger partial charge in [0, 0.05) is 35.9 Å². The number of amides is 1. The maximum Gasteiger partial charge on any atom is 0.223 e. The van der Waals surface area contributed by atoms with Crippen LogP contribution in [-0.4, -0.2) is 40.5 Å². The number of halogens is 2. The van der Waals surface area contributed by atoms with Crippen molar-refractivity contribution in [2.24, 2.45) is 0 Å². The highest BCUT2D eigenvalue weighted by atomic mass is 35.5. The van der Waals surface area contributed by atoms with Gasteiger partial charge in [-0.1, -0.05) is 35.9 Å². The Bertz CT molecular complexity index is 1050. The Morgan fingerprint density at radius 2 is 2.00 bits per heavy atom. The van der Waals surface area contributed by atoms with Crippen molar-refractivity contribution in [3.8, 4) is 11.3 Å². The molecule has 0 spiro atoms. The third-order valence-electron chi connectivity index (χ3n) is 5.07. The van der Waals surface area contributed by atoms with Crippen LogP contribution in [0, 0.1) is 5.82 Å². The predicted molar refractivity (Wildman–Crippen MR) is 112 cm³/mol. The zero-order valence-corrected chi connectivity index (χ0v) is 17.1. The van der Waals surface area contributed by atoms with Crippen molar-refractivity contribution in [3.05, 3.63) is 83.0 Å². The molecule has 0 unspecified atom stereocenters. The molecule has 5 nitrogen and oxygen atoms in total. The quantitative estimate of drug-likeness (QED) is 0.605. The number of benzene rings is 2. The third kappa shape index (κ3) is 4.83.